The molecule has 0 fully saturated rings. The molecule has 9 heteroatoms. The zero-order valence-corrected chi connectivity index (χ0v) is 28.3. The summed E-state index contributed by atoms with van der Waals surface area (Å²) >= 11 is 5.16. The van der Waals surface area contributed by atoms with Crippen molar-refractivity contribution in [2.75, 3.05) is 0 Å². The number of nitrogens with zero attached hydrogens (tertiary/aromatic N) is 6. The second-order valence-electron chi connectivity index (χ2n) is 10.8. The van der Waals surface area contributed by atoms with Crippen molar-refractivity contribution in [1.29, 1.82) is 0 Å². The molecule has 234 valence electrons. The van der Waals surface area contributed by atoms with Gasteiger partial charge in [0.2, 0.25) is 0 Å². The molecule has 7 rings (SSSR count). The summed E-state index contributed by atoms with van der Waals surface area (Å²) in [4.78, 5) is 28.2. The molecule has 6 nitrogen and oxygen atoms in total. The quantitative estimate of drug-likeness (QED) is 0.117. The monoisotopic (exact) mass is 678 g/mol. The van der Waals surface area contributed by atoms with E-state index in [1.54, 1.807) is 35.3 Å². The molecular weight excluding hydrogens is 649 g/mol. The number of rotatable bonds is 12. The van der Waals surface area contributed by atoms with Gasteiger partial charge in [-0.25, -0.2) is 29.9 Å². The van der Waals surface area contributed by atoms with Crippen LogP contribution in [0.15, 0.2) is 161 Å². The van der Waals surface area contributed by atoms with E-state index in [2.05, 4.69) is 87.7 Å². The number of thioether (sulfide) groups is 3. The lowest BCUT2D eigenvalue weighted by Gasteiger charge is -2.10. The fraction of sp³-hybridized carbons (Fsp3) is 0.0769. The minimum atomic E-state index is 0.642. The molecule has 0 radical (unpaired) electrons. The fourth-order valence-corrected chi connectivity index (χ4v) is 7.23. The Morgan fingerprint density at radius 2 is 0.625 bits per heavy atom. The Bertz CT molecular complexity index is 1790. The fourth-order valence-electron chi connectivity index (χ4n) is 4.78. The molecule has 0 unspecified atom stereocenters. The van der Waals surface area contributed by atoms with Gasteiger partial charge >= 0.3 is 0 Å². The zero-order chi connectivity index (χ0) is 32.4. The molecule has 48 heavy (non-hydrogen) atoms. The van der Waals surface area contributed by atoms with Gasteiger partial charge in [0.25, 0.3) is 0 Å². The van der Waals surface area contributed by atoms with Gasteiger partial charge in [0.1, 0.15) is 0 Å². The molecule has 0 amide bonds. The van der Waals surface area contributed by atoms with Crippen molar-refractivity contribution in [2.24, 2.45) is 0 Å². The van der Waals surface area contributed by atoms with Crippen molar-refractivity contribution >= 4 is 35.3 Å². The Kier molecular flexibility index (Phi) is 10.5. The van der Waals surface area contributed by atoms with E-state index >= 15 is 0 Å². The molecule has 0 saturated carbocycles. The standard InChI is InChI=1S/C39H30N6S3/c1-4-22-40-34(7-1)46-25-28-10-16-31(17-11-28)37-43-38(32-18-12-29(13-19-32)26-47-35-8-2-5-23-41-35)45-39(44-37)33-20-14-30(15-21-33)27-48-36-9-3-6-24-42-36/h1-24H,25-27H2. The van der Waals surface area contributed by atoms with Crippen LogP contribution in [0.3, 0.4) is 0 Å². The van der Waals surface area contributed by atoms with Gasteiger partial charge in [-0.15, -0.1) is 35.3 Å². The number of pyridine rings is 3. The topological polar surface area (TPSA) is 77.3 Å². The predicted octanol–water partition coefficient (Wildman–Crippen LogP) is 9.93. The first-order valence-electron chi connectivity index (χ1n) is 15.4. The molecule has 0 atom stereocenters. The van der Waals surface area contributed by atoms with Crippen molar-refractivity contribution in [1.82, 2.24) is 29.9 Å². The van der Waals surface area contributed by atoms with Crippen molar-refractivity contribution in [3.05, 3.63) is 163 Å². The number of aromatic nitrogens is 6. The van der Waals surface area contributed by atoms with E-state index in [0.717, 1.165) is 49.0 Å². The molecule has 7 aromatic rings. The van der Waals surface area contributed by atoms with Crippen LogP contribution < -0.4 is 0 Å². The van der Waals surface area contributed by atoms with Gasteiger partial charge in [0.15, 0.2) is 17.5 Å². The first-order valence-corrected chi connectivity index (χ1v) is 18.4. The highest BCUT2D eigenvalue weighted by Crippen LogP contribution is 2.29. The first-order chi connectivity index (χ1) is 23.7. The lowest BCUT2D eigenvalue weighted by Crippen LogP contribution is -2.00. The van der Waals surface area contributed by atoms with Gasteiger partial charge in [0.05, 0.1) is 15.1 Å². The van der Waals surface area contributed by atoms with Crippen LogP contribution in [0.5, 0.6) is 0 Å². The highest BCUT2D eigenvalue weighted by Gasteiger charge is 2.13. The van der Waals surface area contributed by atoms with Crippen molar-refractivity contribution in [3.8, 4) is 34.2 Å². The van der Waals surface area contributed by atoms with Gasteiger partial charge < -0.3 is 0 Å². The Labute approximate surface area is 293 Å². The maximum absolute atomic E-state index is 4.96. The molecule has 4 aromatic heterocycles. The van der Waals surface area contributed by atoms with Gasteiger partial charge in [-0.2, -0.15) is 0 Å². The van der Waals surface area contributed by atoms with Crippen molar-refractivity contribution < 1.29 is 0 Å². The van der Waals surface area contributed by atoms with E-state index in [1.807, 2.05) is 73.2 Å². The Balaban J connectivity index is 1.14. The van der Waals surface area contributed by atoms with Crippen LogP contribution in [-0.2, 0) is 17.3 Å². The van der Waals surface area contributed by atoms with E-state index in [-0.39, 0.29) is 0 Å². The Morgan fingerprint density at radius 3 is 0.875 bits per heavy atom. The van der Waals surface area contributed by atoms with Crippen LogP contribution in [0, 0.1) is 0 Å². The van der Waals surface area contributed by atoms with Crippen molar-refractivity contribution in [2.45, 2.75) is 32.3 Å². The molecule has 0 bridgehead atoms. The molecule has 4 heterocycles. The summed E-state index contributed by atoms with van der Waals surface area (Å²) in [6.07, 6.45) is 5.47. The summed E-state index contributed by atoms with van der Waals surface area (Å²) in [5.74, 6) is 4.43. The molecule has 0 aliphatic heterocycles. The molecule has 0 saturated heterocycles. The molecule has 0 aliphatic carbocycles. The predicted molar refractivity (Wildman–Crippen MR) is 198 cm³/mol. The minimum Gasteiger partial charge on any atom is -0.250 e. The van der Waals surface area contributed by atoms with Crippen LogP contribution in [0.4, 0.5) is 0 Å². The Hall–Kier alpha value is -4.83. The summed E-state index contributed by atoms with van der Waals surface area (Å²) in [7, 11) is 0. The van der Waals surface area contributed by atoms with Gasteiger partial charge in [-0.1, -0.05) is 91.0 Å². The lowest BCUT2D eigenvalue weighted by atomic mass is 10.1. The second-order valence-corrected chi connectivity index (χ2v) is 13.8. The van der Waals surface area contributed by atoms with Crippen LogP contribution in [0.1, 0.15) is 16.7 Å². The summed E-state index contributed by atoms with van der Waals surface area (Å²) < 4.78 is 0. The van der Waals surface area contributed by atoms with Gasteiger partial charge in [-0.05, 0) is 53.1 Å². The van der Waals surface area contributed by atoms with E-state index in [9.17, 15) is 0 Å². The number of hydrogen-bond acceptors (Lipinski definition) is 9. The number of hydrogen-bond donors (Lipinski definition) is 0. The highest BCUT2D eigenvalue weighted by atomic mass is 32.2. The van der Waals surface area contributed by atoms with E-state index in [1.165, 1.54) is 16.7 Å². The minimum absolute atomic E-state index is 0.642. The van der Waals surface area contributed by atoms with Crippen LogP contribution in [0.25, 0.3) is 34.2 Å². The molecule has 0 spiro atoms. The van der Waals surface area contributed by atoms with E-state index in [0.29, 0.717) is 17.5 Å². The third-order valence-corrected chi connectivity index (χ3v) is 10.4. The SMILES string of the molecule is c1ccc(SCc2ccc(-c3nc(-c4ccc(CSc5ccccn5)cc4)nc(-c4ccc(CSc5ccccn5)cc4)n3)cc2)nc1. The van der Waals surface area contributed by atoms with E-state index < -0.39 is 0 Å². The molecular formula is C39H30N6S3. The van der Waals surface area contributed by atoms with Crippen LogP contribution in [-0.4, -0.2) is 29.9 Å². The highest BCUT2D eigenvalue weighted by molar-refractivity contribution is 7.98. The molecule has 0 aliphatic rings. The first kappa shape index (κ1) is 31.8. The van der Waals surface area contributed by atoms with Crippen LogP contribution in [0.2, 0.25) is 0 Å². The third-order valence-electron chi connectivity index (χ3n) is 7.35. The normalized spacial score (nSPS) is 11.0. The maximum Gasteiger partial charge on any atom is 0.164 e. The second kappa shape index (κ2) is 15.8. The van der Waals surface area contributed by atoms with Gasteiger partial charge in [0, 0.05) is 52.5 Å². The summed E-state index contributed by atoms with van der Waals surface area (Å²) in [5.41, 5.74) is 6.46. The summed E-state index contributed by atoms with van der Waals surface area (Å²) in [6.45, 7) is 0. The molecule has 3 aromatic carbocycles. The molecule has 0 N–H and O–H groups in total. The lowest BCUT2D eigenvalue weighted by molar-refractivity contribution is 1.07. The largest absolute Gasteiger partial charge is 0.250 e. The Morgan fingerprint density at radius 1 is 0.333 bits per heavy atom. The van der Waals surface area contributed by atoms with E-state index in [4.69, 9.17) is 15.0 Å². The van der Waals surface area contributed by atoms with Crippen molar-refractivity contribution in [3.63, 3.8) is 0 Å². The van der Waals surface area contributed by atoms with Crippen LogP contribution >= 0.6 is 35.3 Å². The summed E-state index contributed by atoms with van der Waals surface area (Å²) in [5, 5.41) is 3.03. The zero-order valence-electron chi connectivity index (χ0n) is 25.9. The number of benzene rings is 3. The van der Waals surface area contributed by atoms with Gasteiger partial charge in [-0.3, -0.25) is 0 Å². The maximum atomic E-state index is 4.96. The average molecular weight is 679 g/mol. The third kappa shape index (κ3) is 8.55. The average Bonchev–Trinajstić information content (AvgIpc) is 3.17. The summed E-state index contributed by atoms with van der Waals surface area (Å²) in [6, 6.07) is 43.3. The smallest absolute Gasteiger partial charge is 0.164 e.